The van der Waals surface area contributed by atoms with E-state index in [1.54, 1.807) is 20.8 Å². The molecule has 0 aromatic heterocycles. The topological polar surface area (TPSA) is 105 Å². The summed E-state index contributed by atoms with van der Waals surface area (Å²) in [6.07, 6.45) is 1.17. The van der Waals surface area contributed by atoms with Crippen molar-refractivity contribution in [2.45, 2.75) is 85.7 Å². The van der Waals surface area contributed by atoms with Crippen LogP contribution in [0.2, 0.25) is 0 Å². The first-order valence-electron chi connectivity index (χ1n) is 10.1. The van der Waals surface area contributed by atoms with Crippen LogP contribution in [0.1, 0.15) is 73.1 Å². The second kappa shape index (κ2) is 9.24. The minimum atomic E-state index is -1.13. The van der Waals surface area contributed by atoms with Gasteiger partial charge in [0.2, 0.25) is 12.6 Å². The van der Waals surface area contributed by atoms with Gasteiger partial charge in [-0.25, -0.2) is 0 Å². The van der Waals surface area contributed by atoms with Gasteiger partial charge in [-0.15, -0.1) is 0 Å². The Kier molecular flexibility index (Phi) is 7.43. The number of ether oxygens (including phenoxy) is 4. The Labute approximate surface area is 171 Å². The molecule has 0 aromatic carbocycles. The largest absolute Gasteiger partial charge is 0.465 e. The maximum absolute atomic E-state index is 12.9. The van der Waals surface area contributed by atoms with E-state index in [4.69, 9.17) is 18.9 Å². The summed E-state index contributed by atoms with van der Waals surface area (Å²) < 4.78 is 21.7. The number of Topliss-reactive ketones (excluding diaryl/α,β-unsaturated/α-hetero) is 1. The molecule has 0 unspecified atom stereocenters. The number of rotatable bonds is 5. The molecule has 2 fully saturated rings. The number of esters is 3. The number of ketones is 1. The van der Waals surface area contributed by atoms with Crippen LogP contribution in [0.4, 0.5) is 0 Å². The quantitative estimate of drug-likeness (QED) is 0.501. The molecule has 1 aliphatic carbocycles. The first-order valence-corrected chi connectivity index (χ1v) is 10.1. The standard InChI is InChI=1S/C21H32O8/c1-13(22)27-16-12-21(10-11-26-19(25)20(3,4)5)9-7-6-8-15(24)17(21)18(29-16)28-14(2)23/h16-18H,6-12H2,1-5H3/t16-,17-,18-,21-/m1/s1. The van der Waals surface area contributed by atoms with Gasteiger partial charge in [-0.3, -0.25) is 19.2 Å². The average Bonchev–Trinajstić information content (AvgIpc) is 2.72. The molecule has 0 spiro atoms. The molecule has 8 nitrogen and oxygen atoms in total. The van der Waals surface area contributed by atoms with Crippen molar-refractivity contribution in [2.75, 3.05) is 6.61 Å². The second-order valence-corrected chi connectivity index (χ2v) is 9.01. The lowest BCUT2D eigenvalue weighted by Gasteiger charge is -2.48. The number of hydrogen-bond acceptors (Lipinski definition) is 8. The van der Waals surface area contributed by atoms with Gasteiger partial charge < -0.3 is 18.9 Å². The molecule has 164 valence electrons. The lowest BCUT2D eigenvalue weighted by atomic mass is 9.65. The Bertz CT molecular complexity index is 650. The number of carbonyl (C=O) groups excluding carboxylic acids is 4. The number of fused-ring (bicyclic) bond motifs is 1. The summed E-state index contributed by atoms with van der Waals surface area (Å²) in [6.45, 7) is 7.95. The Morgan fingerprint density at radius 3 is 2.34 bits per heavy atom. The zero-order valence-corrected chi connectivity index (χ0v) is 17.9. The van der Waals surface area contributed by atoms with Crippen LogP contribution in [0.3, 0.4) is 0 Å². The molecule has 1 saturated heterocycles. The predicted octanol–water partition coefficient (Wildman–Crippen LogP) is 2.91. The summed E-state index contributed by atoms with van der Waals surface area (Å²) in [6, 6.07) is 0. The van der Waals surface area contributed by atoms with Crippen LogP contribution in [0.5, 0.6) is 0 Å². The van der Waals surface area contributed by atoms with E-state index >= 15 is 0 Å². The van der Waals surface area contributed by atoms with Crippen molar-refractivity contribution < 1.29 is 38.1 Å². The monoisotopic (exact) mass is 412 g/mol. The van der Waals surface area contributed by atoms with Gasteiger partial charge in [0.05, 0.1) is 17.9 Å². The zero-order valence-electron chi connectivity index (χ0n) is 17.9. The molecule has 1 saturated carbocycles. The molecule has 29 heavy (non-hydrogen) atoms. The van der Waals surface area contributed by atoms with E-state index in [1.807, 2.05) is 0 Å². The maximum Gasteiger partial charge on any atom is 0.311 e. The lowest BCUT2D eigenvalue weighted by molar-refractivity contribution is -0.294. The van der Waals surface area contributed by atoms with Gasteiger partial charge in [0.1, 0.15) is 5.78 Å². The molecule has 0 aromatic rings. The molecule has 8 heteroatoms. The van der Waals surface area contributed by atoms with Gasteiger partial charge in [-0.2, -0.15) is 0 Å². The van der Waals surface area contributed by atoms with Crippen molar-refractivity contribution >= 4 is 23.7 Å². The third kappa shape index (κ3) is 6.01. The van der Waals surface area contributed by atoms with Crippen molar-refractivity contribution in [3.63, 3.8) is 0 Å². The fourth-order valence-corrected chi connectivity index (χ4v) is 4.17. The van der Waals surface area contributed by atoms with E-state index in [0.29, 0.717) is 19.3 Å². The summed E-state index contributed by atoms with van der Waals surface area (Å²) in [5.74, 6) is -2.16. The minimum Gasteiger partial charge on any atom is -0.465 e. The first-order chi connectivity index (χ1) is 13.4. The van der Waals surface area contributed by atoms with Crippen LogP contribution in [-0.4, -0.2) is 42.9 Å². The van der Waals surface area contributed by atoms with Crippen molar-refractivity contribution in [1.29, 1.82) is 0 Å². The molecule has 1 heterocycles. The molecule has 2 rings (SSSR count). The van der Waals surface area contributed by atoms with Crippen molar-refractivity contribution in [3.05, 3.63) is 0 Å². The highest BCUT2D eigenvalue weighted by Crippen LogP contribution is 2.51. The highest BCUT2D eigenvalue weighted by atomic mass is 16.8. The van der Waals surface area contributed by atoms with Gasteiger partial charge in [0.25, 0.3) is 0 Å². The number of carbonyl (C=O) groups is 4. The molecular weight excluding hydrogens is 380 g/mol. The lowest BCUT2D eigenvalue weighted by Crippen LogP contribution is -2.54. The molecule has 4 atom stereocenters. The van der Waals surface area contributed by atoms with Crippen molar-refractivity contribution in [1.82, 2.24) is 0 Å². The molecule has 2 aliphatic rings. The Balaban J connectivity index is 2.30. The predicted molar refractivity (Wildman–Crippen MR) is 101 cm³/mol. The van der Waals surface area contributed by atoms with Crippen LogP contribution in [-0.2, 0) is 38.1 Å². The fraction of sp³-hybridized carbons (Fsp3) is 0.810. The highest BCUT2D eigenvalue weighted by Gasteiger charge is 2.55. The molecule has 0 amide bonds. The third-order valence-electron chi connectivity index (χ3n) is 5.51. The Morgan fingerprint density at radius 2 is 1.76 bits per heavy atom. The van der Waals surface area contributed by atoms with Crippen LogP contribution in [0, 0.1) is 16.7 Å². The zero-order chi connectivity index (χ0) is 21.8. The van der Waals surface area contributed by atoms with E-state index in [2.05, 4.69) is 0 Å². The van der Waals surface area contributed by atoms with E-state index in [-0.39, 0.29) is 24.8 Å². The maximum atomic E-state index is 12.9. The van der Waals surface area contributed by atoms with E-state index in [1.165, 1.54) is 13.8 Å². The van der Waals surface area contributed by atoms with Crippen LogP contribution in [0.15, 0.2) is 0 Å². The summed E-state index contributed by atoms with van der Waals surface area (Å²) in [4.78, 5) is 48.2. The normalized spacial score (nSPS) is 30.0. The average molecular weight is 412 g/mol. The molecule has 0 radical (unpaired) electrons. The van der Waals surface area contributed by atoms with Crippen LogP contribution >= 0.6 is 0 Å². The van der Waals surface area contributed by atoms with Gasteiger partial charge in [0, 0.05) is 26.7 Å². The van der Waals surface area contributed by atoms with Crippen LogP contribution < -0.4 is 0 Å². The van der Waals surface area contributed by atoms with Gasteiger partial charge in [-0.05, 0) is 45.4 Å². The summed E-state index contributed by atoms with van der Waals surface area (Å²) >= 11 is 0. The molecule has 1 aliphatic heterocycles. The van der Waals surface area contributed by atoms with Gasteiger partial charge >= 0.3 is 17.9 Å². The van der Waals surface area contributed by atoms with Gasteiger partial charge in [0.15, 0.2) is 0 Å². The van der Waals surface area contributed by atoms with Crippen molar-refractivity contribution in [2.24, 2.45) is 16.7 Å². The third-order valence-corrected chi connectivity index (χ3v) is 5.51. The Morgan fingerprint density at radius 1 is 1.10 bits per heavy atom. The van der Waals surface area contributed by atoms with E-state index < -0.39 is 41.3 Å². The molecule has 0 N–H and O–H groups in total. The van der Waals surface area contributed by atoms with Crippen molar-refractivity contribution in [3.8, 4) is 0 Å². The SMILES string of the molecule is CC(=O)O[C@H]1C[C@]2(CCOC(=O)C(C)(C)C)CCCCC(=O)[C@@H]2[C@H](OC(C)=O)O1. The fourth-order valence-electron chi connectivity index (χ4n) is 4.17. The summed E-state index contributed by atoms with van der Waals surface area (Å²) in [5, 5.41) is 0. The van der Waals surface area contributed by atoms with Gasteiger partial charge in [-0.1, -0.05) is 6.42 Å². The molecule has 0 bridgehead atoms. The van der Waals surface area contributed by atoms with E-state index in [0.717, 1.165) is 12.8 Å². The highest BCUT2D eigenvalue weighted by molar-refractivity contribution is 5.83. The minimum absolute atomic E-state index is 0.0443. The number of hydrogen-bond donors (Lipinski definition) is 0. The second-order valence-electron chi connectivity index (χ2n) is 9.01. The van der Waals surface area contributed by atoms with E-state index in [9.17, 15) is 19.2 Å². The molecular formula is C21H32O8. The first kappa shape index (κ1) is 23.3. The smallest absolute Gasteiger partial charge is 0.311 e. The Hall–Kier alpha value is -1.96. The van der Waals surface area contributed by atoms with Crippen LogP contribution in [0.25, 0.3) is 0 Å². The summed E-state index contributed by atoms with van der Waals surface area (Å²) in [7, 11) is 0. The summed E-state index contributed by atoms with van der Waals surface area (Å²) in [5.41, 5.74) is -1.28.